The molecule has 1 saturated heterocycles. The van der Waals surface area contributed by atoms with Gasteiger partial charge in [-0.25, -0.2) is 10.1 Å². The highest BCUT2D eigenvalue weighted by Crippen LogP contribution is 2.21. The van der Waals surface area contributed by atoms with Gasteiger partial charge >= 0.3 is 0 Å². The van der Waals surface area contributed by atoms with Gasteiger partial charge in [-0.1, -0.05) is 12.1 Å². The van der Waals surface area contributed by atoms with Crippen molar-refractivity contribution in [1.29, 1.82) is 0 Å². The first-order valence-corrected chi connectivity index (χ1v) is 6.45. The van der Waals surface area contributed by atoms with Crippen molar-refractivity contribution < 1.29 is 14.6 Å². The summed E-state index contributed by atoms with van der Waals surface area (Å²) in [4.78, 5) is 24.6. The van der Waals surface area contributed by atoms with Crippen LogP contribution in [0.2, 0.25) is 0 Å². The number of rotatable bonds is 4. The first-order valence-electron chi connectivity index (χ1n) is 6.45. The van der Waals surface area contributed by atoms with Crippen LogP contribution in [-0.2, 0) is 9.53 Å². The number of ether oxygens (including phenoxy) is 1. The monoisotopic (exact) mass is 279 g/mol. The molecule has 1 heterocycles. The molecule has 1 aromatic rings. The first kappa shape index (κ1) is 14.3. The predicted octanol–water partition coefficient (Wildman–Crippen LogP) is 1.25. The molecule has 1 atom stereocenters. The molecular weight excluding hydrogens is 262 g/mol. The molecule has 1 N–H and O–H groups in total. The summed E-state index contributed by atoms with van der Waals surface area (Å²) >= 11 is 0. The van der Waals surface area contributed by atoms with Gasteiger partial charge in [0.2, 0.25) is 5.91 Å². The predicted molar refractivity (Wildman–Crippen MR) is 72.9 cm³/mol. The van der Waals surface area contributed by atoms with E-state index >= 15 is 0 Å². The smallest absolute Gasteiger partial charge is 0.229 e. The van der Waals surface area contributed by atoms with Crippen LogP contribution in [0.4, 0.5) is 5.69 Å². The van der Waals surface area contributed by atoms with Crippen molar-refractivity contribution in [3.05, 3.63) is 39.9 Å². The lowest BCUT2D eigenvalue weighted by atomic mass is 9.99. The summed E-state index contributed by atoms with van der Waals surface area (Å²) in [6, 6.07) is 6.72. The number of carbonyl (C=O) groups excluding carboxylic acids is 1. The molecule has 20 heavy (non-hydrogen) atoms. The Kier molecular flexibility index (Phi) is 4.52. The molecular formula is C13H17N3O4. The van der Waals surface area contributed by atoms with Crippen LogP contribution in [0.5, 0.6) is 0 Å². The molecule has 1 fully saturated rings. The van der Waals surface area contributed by atoms with Crippen LogP contribution in [0.1, 0.15) is 18.4 Å². The van der Waals surface area contributed by atoms with Gasteiger partial charge in [0, 0.05) is 13.1 Å². The molecule has 0 radical (unpaired) electrons. The highest BCUT2D eigenvalue weighted by Gasteiger charge is 2.23. The normalized spacial score (nSPS) is 16.6. The Morgan fingerprint density at radius 2 is 2.15 bits per heavy atom. The quantitative estimate of drug-likeness (QED) is 0.662. The fraction of sp³-hybridized carbons (Fsp3) is 0.462. The maximum absolute atomic E-state index is 12.3. The average molecular weight is 279 g/mol. The average Bonchev–Trinajstić information content (AvgIpc) is 2.46. The third-order valence-electron chi connectivity index (χ3n) is 3.30. The number of benzene rings is 1. The topological polar surface area (TPSA) is 84.7 Å². The molecule has 0 spiro atoms. The minimum absolute atomic E-state index is 0.0200. The molecule has 1 aliphatic heterocycles. The van der Waals surface area contributed by atoms with Crippen molar-refractivity contribution in [2.24, 2.45) is 0 Å². The molecule has 2 rings (SSSR count). The molecule has 1 aliphatic rings. The lowest BCUT2D eigenvalue weighted by Gasteiger charge is -2.29. The van der Waals surface area contributed by atoms with E-state index in [4.69, 9.17) is 4.74 Å². The van der Waals surface area contributed by atoms with Gasteiger partial charge in [0.1, 0.15) is 5.69 Å². The number of carbonyl (C=O) groups is 1. The SMILES string of the molecule is CC(C(=O)N1CCOCC1)c1cccc(N[N+](=O)[O-])c1. The Morgan fingerprint density at radius 1 is 1.45 bits per heavy atom. The molecule has 0 aromatic heterocycles. The van der Waals surface area contributed by atoms with E-state index in [-0.39, 0.29) is 11.8 Å². The second kappa shape index (κ2) is 6.33. The van der Waals surface area contributed by atoms with Crippen LogP contribution in [-0.4, -0.2) is 42.1 Å². The molecule has 108 valence electrons. The molecule has 0 bridgehead atoms. The number of hydrazine groups is 1. The summed E-state index contributed by atoms with van der Waals surface area (Å²) in [6.07, 6.45) is 0. The van der Waals surface area contributed by atoms with Gasteiger partial charge in [0.25, 0.3) is 0 Å². The summed E-state index contributed by atoms with van der Waals surface area (Å²) in [5, 5.41) is 9.82. The van der Waals surface area contributed by atoms with E-state index in [1.54, 1.807) is 29.2 Å². The zero-order valence-corrected chi connectivity index (χ0v) is 11.2. The Balaban J connectivity index is 2.09. The lowest BCUT2D eigenvalue weighted by Crippen LogP contribution is -2.42. The number of hydrogen-bond donors (Lipinski definition) is 1. The highest BCUT2D eigenvalue weighted by atomic mass is 16.7. The zero-order valence-electron chi connectivity index (χ0n) is 11.2. The molecule has 1 unspecified atom stereocenters. The van der Waals surface area contributed by atoms with E-state index in [0.717, 1.165) is 5.56 Å². The van der Waals surface area contributed by atoms with Crippen LogP contribution in [0.25, 0.3) is 0 Å². The van der Waals surface area contributed by atoms with E-state index in [0.29, 0.717) is 32.0 Å². The summed E-state index contributed by atoms with van der Waals surface area (Å²) in [5.41, 5.74) is 3.22. The molecule has 1 aromatic carbocycles. The number of nitrogens with one attached hydrogen (secondary N) is 1. The number of hydrogen-bond acceptors (Lipinski definition) is 4. The number of morpholine rings is 1. The Labute approximate surface area is 116 Å². The fourth-order valence-electron chi connectivity index (χ4n) is 2.18. The van der Waals surface area contributed by atoms with E-state index in [9.17, 15) is 14.9 Å². The summed E-state index contributed by atoms with van der Waals surface area (Å²) in [6.45, 7) is 4.11. The van der Waals surface area contributed by atoms with Crippen molar-refractivity contribution >= 4 is 11.6 Å². The van der Waals surface area contributed by atoms with Gasteiger partial charge in [-0.2, -0.15) is 0 Å². The Morgan fingerprint density at radius 3 is 2.80 bits per heavy atom. The molecule has 7 nitrogen and oxygen atoms in total. The Bertz CT molecular complexity index is 500. The van der Waals surface area contributed by atoms with Gasteiger partial charge in [0.05, 0.1) is 19.1 Å². The van der Waals surface area contributed by atoms with E-state index in [2.05, 4.69) is 5.43 Å². The molecule has 1 amide bonds. The van der Waals surface area contributed by atoms with Gasteiger partial charge in [-0.15, -0.1) is 5.43 Å². The Hall–Kier alpha value is -2.15. The van der Waals surface area contributed by atoms with Crippen LogP contribution in [0.3, 0.4) is 0 Å². The van der Waals surface area contributed by atoms with Crippen LogP contribution in [0.15, 0.2) is 24.3 Å². The highest BCUT2D eigenvalue weighted by molar-refractivity contribution is 5.83. The third-order valence-corrected chi connectivity index (χ3v) is 3.30. The van der Waals surface area contributed by atoms with Gasteiger partial charge in [0.15, 0.2) is 5.03 Å². The number of nitrogens with zero attached hydrogens (tertiary/aromatic N) is 2. The standard InChI is InChI=1S/C13H17N3O4/c1-10(13(17)15-5-7-20-8-6-15)11-3-2-4-12(9-11)14-16(18)19/h2-4,9-10,14H,5-8H2,1H3. The molecule has 0 saturated carbocycles. The van der Waals surface area contributed by atoms with Gasteiger partial charge in [-0.3, -0.25) is 4.79 Å². The summed E-state index contributed by atoms with van der Waals surface area (Å²) < 4.78 is 5.22. The second-order valence-corrected chi connectivity index (χ2v) is 4.65. The van der Waals surface area contributed by atoms with Crippen molar-refractivity contribution in [2.75, 3.05) is 31.7 Å². The minimum Gasteiger partial charge on any atom is -0.378 e. The zero-order chi connectivity index (χ0) is 14.5. The fourth-order valence-corrected chi connectivity index (χ4v) is 2.18. The number of anilines is 1. The minimum atomic E-state index is -0.617. The van der Waals surface area contributed by atoms with E-state index in [1.807, 2.05) is 6.92 Å². The van der Waals surface area contributed by atoms with Gasteiger partial charge < -0.3 is 9.64 Å². The largest absolute Gasteiger partial charge is 0.378 e. The molecule has 0 aliphatic carbocycles. The van der Waals surface area contributed by atoms with Crippen molar-refractivity contribution in [1.82, 2.24) is 4.90 Å². The first-order chi connectivity index (χ1) is 9.58. The second-order valence-electron chi connectivity index (χ2n) is 4.65. The maximum atomic E-state index is 12.3. The van der Waals surface area contributed by atoms with Gasteiger partial charge in [-0.05, 0) is 24.6 Å². The van der Waals surface area contributed by atoms with Crippen molar-refractivity contribution in [2.45, 2.75) is 12.8 Å². The summed E-state index contributed by atoms with van der Waals surface area (Å²) in [5.74, 6) is -0.312. The maximum Gasteiger partial charge on any atom is 0.229 e. The van der Waals surface area contributed by atoms with E-state index < -0.39 is 5.03 Å². The van der Waals surface area contributed by atoms with Crippen LogP contribution < -0.4 is 5.43 Å². The lowest BCUT2D eigenvalue weighted by molar-refractivity contribution is -0.445. The number of amides is 1. The molecule has 7 heteroatoms. The van der Waals surface area contributed by atoms with Crippen molar-refractivity contribution in [3.8, 4) is 0 Å². The van der Waals surface area contributed by atoms with Crippen LogP contribution >= 0.6 is 0 Å². The number of nitro groups is 1. The van der Waals surface area contributed by atoms with Crippen molar-refractivity contribution in [3.63, 3.8) is 0 Å². The van der Waals surface area contributed by atoms with E-state index in [1.165, 1.54) is 0 Å². The van der Waals surface area contributed by atoms with Crippen LogP contribution in [0, 0.1) is 10.1 Å². The summed E-state index contributed by atoms with van der Waals surface area (Å²) in [7, 11) is 0. The third kappa shape index (κ3) is 3.45.